The summed E-state index contributed by atoms with van der Waals surface area (Å²) in [7, 11) is 2.02. The van der Waals surface area contributed by atoms with Crippen molar-refractivity contribution < 1.29 is 0 Å². The number of aromatic nitrogens is 6. The van der Waals surface area contributed by atoms with Gasteiger partial charge in [-0.25, -0.2) is 9.97 Å². The Labute approximate surface area is 212 Å². The van der Waals surface area contributed by atoms with E-state index in [1.54, 1.807) is 18.0 Å². The van der Waals surface area contributed by atoms with Crippen molar-refractivity contribution in [1.29, 1.82) is 0 Å². The van der Waals surface area contributed by atoms with Gasteiger partial charge in [-0.05, 0) is 37.9 Å². The average molecular weight is 493 g/mol. The van der Waals surface area contributed by atoms with Gasteiger partial charge < -0.3 is 9.47 Å². The number of hydrogen-bond donors (Lipinski definition) is 0. The molecule has 2 fully saturated rings. The third kappa shape index (κ3) is 5.83. The predicted octanol–water partition coefficient (Wildman–Crippen LogP) is 4.15. The Kier molecular flexibility index (Phi) is 7.07. The minimum absolute atomic E-state index is 0.0272. The number of pyridine rings is 1. The van der Waals surface area contributed by atoms with Crippen LogP contribution in [0.5, 0.6) is 0 Å². The van der Waals surface area contributed by atoms with Crippen molar-refractivity contribution in [2.45, 2.75) is 56.5 Å². The van der Waals surface area contributed by atoms with Gasteiger partial charge >= 0.3 is 0 Å². The third-order valence-electron chi connectivity index (χ3n) is 6.70. The molecule has 4 heterocycles. The van der Waals surface area contributed by atoms with Crippen molar-refractivity contribution >= 4 is 17.6 Å². The molecule has 8 nitrogen and oxygen atoms in total. The van der Waals surface area contributed by atoms with Crippen LogP contribution in [0.3, 0.4) is 0 Å². The Balaban J connectivity index is 1.10. The van der Waals surface area contributed by atoms with Gasteiger partial charge in [-0.15, -0.1) is 10.2 Å². The second kappa shape index (κ2) is 10.2. The Bertz CT molecular complexity index is 1130. The van der Waals surface area contributed by atoms with Crippen molar-refractivity contribution in [3.8, 4) is 11.4 Å². The standard InChI is InChI=1S/C26H36N8S/c1-26(2,3)24-28-21(19-8-9-19)17-22(29-24)34-14-12-33(13-15-34)11-6-16-35-25-31-30-23(32(25)4)20-7-5-10-27-18-20/h5,7,10,17-19H,6,8-9,11-16H2,1-4H3. The molecule has 0 spiro atoms. The maximum atomic E-state index is 4.98. The average Bonchev–Trinajstić information content (AvgIpc) is 3.65. The van der Waals surface area contributed by atoms with Crippen LogP contribution in [0.1, 0.15) is 57.5 Å². The molecule has 0 N–H and O–H groups in total. The molecule has 3 aromatic heterocycles. The van der Waals surface area contributed by atoms with Crippen LogP contribution < -0.4 is 4.90 Å². The number of piperazine rings is 1. The fraction of sp³-hybridized carbons (Fsp3) is 0.577. The lowest BCUT2D eigenvalue weighted by Gasteiger charge is -2.36. The molecule has 0 amide bonds. The predicted molar refractivity (Wildman–Crippen MR) is 141 cm³/mol. The molecule has 0 aromatic carbocycles. The van der Waals surface area contributed by atoms with Crippen molar-refractivity contribution in [2.75, 3.05) is 43.4 Å². The van der Waals surface area contributed by atoms with E-state index < -0.39 is 0 Å². The number of nitrogens with zero attached hydrogens (tertiary/aromatic N) is 8. The van der Waals surface area contributed by atoms with Gasteiger partial charge in [0.2, 0.25) is 0 Å². The topological polar surface area (TPSA) is 75.9 Å². The first-order chi connectivity index (χ1) is 16.9. The Morgan fingerprint density at radius 2 is 1.86 bits per heavy atom. The lowest BCUT2D eigenvalue weighted by Crippen LogP contribution is -2.47. The van der Waals surface area contributed by atoms with Gasteiger partial charge in [0.25, 0.3) is 0 Å². The maximum absolute atomic E-state index is 4.98. The molecule has 0 bridgehead atoms. The van der Waals surface area contributed by atoms with Crippen LogP contribution in [0, 0.1) is 0 Å². The van der Waals surface area contributed by atoms with Gasteiger partial charge in [-0.1, -0.05) is 32.5 Å². The highest BCUT2D eigenvalue weighted by molar-refractivity contribution is 7.99. The Hall–Kier alpha value is -2.52. The van der Waals surface area contributed by atoms with Crippen LogP contribution in [0.25, 0.3) is 11.4 Å². The van der Waals surface area contributed by atoms with E-state index in [1.165, 1.54) is 18.5 Å². The molecule has 1 aliphatic carbocycles. The second-order valence-electron chi connectivity index (χ2n) is 10.6. The zero-order valence-electron chi connectivity index (χ0n) is 21.3. The SMILES string of the molecule is Cn1c(SCCCN2CCN(c3cc(C4CC4)nc(C(C)(C)C)n3)CC2)nnc1-c1cccnc1. The van der Waals surface area contributed by atoms with Crippen LogP contribution >= 0.6 is 11.8 Å². The van der Waals surface area contributed by atoms with Crippen LogP contribution in [-0.2, 0) is 12.5 Å². The molecule has 1 aliphatic heterocycles. The molecule has 186 valence electrons. The van der Waals surface area contributed by atoms with E-state index in [0.717, 1.165) is 73.1 Å². The van der Waals surface area contributed by atoms with Gasteiger partial charge in [0.05, 0.1) is 0 Å². The molecule has 2 aliphatic rings. The molecule has 9 heteroatoms. The Morgan fingerprint density at radius 3 is 2.54 bits per heavy atom. The van der Waals surface area contributed by atoms with Gasteiger partial charge in [0, 0.05) is 80.0 Å². The minimum atomic E-state index is -0.0272. The summed E-state index contributed by atoms with van der Waals surface area (Å²) < 4.78 is 2.06. The first-order valence-electron chi connectivity index (χ1n) is 12.7. The van der Waals surface area contributed by atoms with Crippen LogP contribution in [-0.4, -0.2) is 73.1 Å². The highest BCUT2D eigenvalue weighted by Crippen LogP contribution is 2.40. The zero-order chi connectivity index (χ0) is 24.4. The molecule has 5 rings (SSSR count). The van der Waals surface area contributed by atoms with Gasteiger partial charge in [-0.2, -0.15) is 0 Å². The number of anilines is 1. The van der Waals surface area contributed by atoms with E-state index in [2.05, 4.69) is 56.4 Å². The van der Waals surface area contributed by atoms with Gasteiger partial charge in [-0.3, -0.25) is 9.88 Å². The summed E-state index contributed by atoms with van der Waals surface area (Å²) in [5, 5.41) is 9.70. The second-order valence-corrected chi connectivity index (χ2v) is 11.7. The van der Waals surface area contributed by atoms with Crippen LogP contribution in [0.4, 0.5) is 5.82 Å². The monoisotopic (exact) mass is 492 g/mol. The molecule has 1 saturated heterocycles. The smallest absolute Gasteiger partial charge is 0.191 e. The Morgan fingerprint density at radius 1 is 1.06 bits per heavy atom. The van der Waals surface area contributed by atoms with E-state index in [9.17, 15) is 0 Å². The highest BCUT2D eigenvalue weighted by atomic mass is 32.2. The summed E-state index contributed by atoms with van der Waals surface area (Å²) in [5.41, 5.74) is 2.21. The maximum Gasteiger partial charge on any atom is 0.191 e. The number of rotatable bonds is 8. The van der Waals surface area contributed by atoms with Gasteiger partial charge in [0.1, 0.15) is 11.6 Å². The molecule has 0 atom stereocenters. The van der Waals surface area contributed by atoms with Crippen molar-refractivity contribution in [3.63, 3.8) is 0 Å². The lowest BCUT2D eigenvalue weighted by molar-refractivity contribution is 0.258. The highest BCUT2D eigenvalue weighted by Gasteiger charge is 2.29. The summed E-state index contributed by atoms with van der Waals surface area (Å²) >= 11 is 1.78. The quantitative estimate of drug-likeness (QED) is 0.343. The van der Waals surface area contributed by atoms with Crippen LogP contribution in [0.15, 0.2) is 35.7 Å². The minimum Gasteiger partial charge on any atom is -0.354 e. The number of thioether (sulfide) groups is 1. The fourth-order valence-corrected chi connectivity index (χ4v) is 5.21. The molecule has 3 aromatic rings. The number of hydrogen-bond acceptors (Lipinski definition) is 8. The van der Waals surface area contributed by atoms with Crippen LogP contribution in [0.2, 0.25) is 0 Å². The lowest BCUT2D eigenvalue weighted by atomic mass is 9.95. The van der Waals surface area contributed by atoms with Crippen molar-refractivity contribution in [1.82, 2.24) is 34.6 Å². The first kappa shape index (κ1) is 24.2. The normalized spacial score (nSPS) is 17.2. The van der Waals surface area contributed by atoms with E-state index in [-0.39, 0.29) is 5.41 Å². The molecular weight excluding hydrogens is 456 g/mol. The summed E-state index contributed by atoms with van der Waals surface area (Å²) in [6.07, 6.45) is 7.27. The summed E-state index contributed by atoms with van der Waals surface area (Å²) in [6, 6.07) is 6.19. The molecular formula is C26H36N8S. The van der Waals surface area contributed by atoms with E-state index in [0.29, 0.717) is 5.92 Å². The van der Waals surface area contributed by atoms with E-state index in [4.69, 9.17) is 9.97 Å². The first-order valence-corrected chi connectivity index (χ1v) is 13.7. The van der Waals surface area contributed by atoms with Gasteiger partial charge in [0.15, 0.2) is 11.0 Å². The van der Waals surface area contributed by atoms with E-state index >= 15 is 0 Å². The molecule has 0 unspecified atom stereocenters. The molecule has 0 radical (unpaired) electrons. The van der Waals surface area contributed by atoms with E-state index in [1.807, 2.05) is 25.4 Å². The summed E-state index contributed by atoms with van der Waals surface area (Å²) in [4.78, 5) is 19.1. The molecule has 1 saturated carbocycles. The zero-order valence-corrected chi connectivity index (χ0v) is 22.1. The molecule has 35 heavy (non-hydrogen) atoms. The van der Waals surface area contributed by atoms with Crippen molar-refractivity contribution in [2.24, 2.45) is 7.05 Å². The largest absolute Gasteiger partial charge is 0.354 e. The summed E-state index contributed by atoms with van der Waals surface area (Å²) in [5.74, 6) is 4.64. The van der Waals surface area contributed by atoms with Crippen molar-refractivity contribution in [3.05, 3.63) is 42.1 Å². The summed E-state index contributed by atoms with van der Waals surface area (Å²) in [6.45, 7) is 11.9. The third-order valence-corrected chi connectivity index (χ3v) is 7.81. The fourth-order valence-electron chi connectivity index (χ4n) is 4.38.